The lowest BCUT2D eigenvalue weighted by atomic mass is 10.4. The maximum absolute atomic E-state index is 2.21. The van der Waals surface area contributed by atoms with Crippen LogP contribution in [0.4, 0.5) is 0 Å². The molecule has 0 aliphatic carbocycles. The van der Waals surface area contributed by atoms with Gasteiger partial charge in [0.05, 0.1) is 10.9 Å². The van der Waals surface area contributed by atoms with Crippen LogP contribution in [0.5, 0.6) is 0 Å². The van der Waals surface area contributed by atoms with Gasteiger partial charge < -0.3 is 0 Å². The molecule has 0 saturated carbocycles. The van der Waals surface area contributed by atoms with Gasteiger partial charge in [-0.3, -0.25) is 0 Å². The van der Waals surface area contributed by atoms with Crippen LogP contribution in [0.15, 0.2) is 106 Å². The Morgan fingerprint density at radius 3 is 0.900 bits per heavy atom. The first-order valence-corrected chi connectivity index (χ1v) is 7.57. The highest BCUT2D eigenvalue weighted by Crippen LogP contribution is 2.30. The normalized spacial score (nSPS) is 10.1. The second-order valence-electron chi connectivity index (χ2n) is 4.25. The molecule has 0 fully saturated rings. The number of benzene rings is 3. The molecule has 0 amide bonds. The first-order valence-electron chi connectivity index (χ1n) is 6.34. The second-order valence-corrected chi connectivity index (χ2v) is 6.27. The van der Waals surface area contributed by atoms with E-state index in [4.69, 9.17) is 0 Å². The van der Waals surface area contributed by atoms with Crippen LogP contribution in [-0.4, -0.2) is 0 Å². The zero-order chi connectivity index (χ0) is 12.9. The third-order valence-corrected chi connectivity index (χ3v) is 5.17. The highest BCUT2D eigenvalue weighted by Gasteiger charge is 2.27. The van der Waals surface area contributed by atoms with Crippen LogP contribution in [0.1, 0.15) is 0 Å². The Morgan fingerprint density at radius 1 is 0.400 bits per heavy atom. The first kappa shape index (κ1) is 14.8. The Kier molecular flexibility index (Phi) is 5.40. The standard InChI is InChI=1S/C18H15S.H3P/c1-4-10-16(11-5-1)19(17-12-6-2-7-13-17)18-14-8-3-9-15-18;/h1-15H;1H3/q+1;. The van der Waals surface area contributed by atoms with E-state index in [9.17, 15) is 0 Å². The van der Waals surface area contributed by atoms with E-state index in [0.717, 1.165) is 0 Å². The van der Waals surface area contributed by atoms with E-state index in [1.54, 1.807) is 0 Å². The Labute approximate surface area is 126 Å². The van der Waals surface area contributed by atoms with Crippen LogP contribution in [0.2, 0.25) is 0 Å². The minimum atomic E-state index is -0.0146. The number of hydrogen-bond donors (Lipinski definition) is 0. The maximum atomic E-state index is 2.21. The summed E-state index contributed by atoms with van der Waals surface area (Å²) in [5.74, 6) is 0. The molecule has 0 heterocycles. The van der Waals surface area contributed by atoms with Crippen molar-refractivity contribution >= 4 is 20.8 Å². The summed E-state index contributed by atoms with van der Waals surface area (Å²) >= 11 is 0. The average molecular weight is 297 g/mol. The number of hydrogen-bond acceptors (Lipinski definition) is 0. The molecule has 3 aromatic carbocycles. The molecule has 1 unspecified atom stereocenters. The Bertz CT molecular complexity index is 529. The van der Waals surface area contributed by atoms with Gasteiger partial charge in [0, 0.05) is 0 Å². The predicted octanol–water partition coefficient (Wildman–Crippen LogP) is 4.84. The van der Waals surface area contributed by atoms with E-state index in [1.165, 1.54) is 14.7 Å². The van der Waals surface area contributed by atoms with Gasteiger partial charge in [-0.1, -0.05) is 54.6 Å². The molecule has 3 rings (SSSR count). The van der Waals surface area contributed by atoms with Crippen LogP contribution in [0.25, 0.3) is 0 Å². The summed E-state index contributed by atoms with van der Waals surface area (Å²) in [6.07, 6.45) is 0. The van der Waals surface area contributed by atoms with Crippen molar-refractivity contribution in [2.24, 2.45) is 0 Å². The zero-order valence-corrected chi connectivity index (χ0v) is 13.5. The zero-order valence-electron chi connectivity index (χ0n) is 11.3. The van der Waals surface area contributed by atoms with Crippen LogP contribution >= 0.6 is 9.90 Å². The van der Waals surface area contributed by atoms with Gasteiger partial charge in [0.1, 0.15) is 0 Å². The van der Waals surface area contributed by atoms with Crippen molar-refractivity contribution in [2.45, 2.75) is 14.7 Å². The quantitative estimate of drug-likeness (QED) is 0.479. The van der Waals surface area contributed by atoms with Crippen molar-refractivity contribution < 1.29 is 0 Å². The minimum Gasteiger partial charge on any atom is -0.153 e. The molecular weight excluding hydrogens is 279 g/mol. The average Bonchev–Trinajstić information content (AvgIpc) is 2.51. The Morgan fingerprint density at radius 2 is 0.650 bits per heavy atom. The molecule has 20 heavy (non-hydrogen) atoms. The smallest absolute Gasteiger partial charge is 0.153 e. The summed E-state index contributed by atoms with van der Waals surface area (Å²) in [6, 6.07) is 32.2. The molecular formula is C18H18PS+. The van der Waals surface area contributed by atoms with Crippen molar-refractivity contribution in [1.29, 1.82) is 0 Å². The van der Waals surface area contributed by atoms with E-state index in [-0.39, 0.29) is 20.8 Å². The van der Waals surface area contributed by atoms with Crippen molar-refractivity contribution in [2.75, 3.05) is 0 Å². The van der Waals surface area contributed by atoms with Crippen LogP contribution in [0.3, 0.4) is 0 Å². The maximum Gasteiger partial charge on any atom is 0.166 e. The molecule has 0 nitrogen and oxygen atoms in total. The Hall–Kier alpha value is -1.56. The molecule has 3 aromatic rings. The summed E-state index contributed by atoms with van der Waals surface area (Å²) in [6.45, 7) is 0. The van der Waals surface area contributed by atoms with Gasteiger partial charge in [-0.2, -0.15) is 9.90 Å². The first-order chi connectivity index (χ1) is 9.45. The van der Waals surface area contributed by atoms with E-state index in [0.29, 0.717) is 0 Å². The SMILES string of the molecule is P.c1ccc([S+](c2ccccc2)c2ccccc2)cc1. The van der Waals surface area contributed by atoms with E-state index in [1.807, 2.05) is 0 Å². The molecule has 100 valence electrons. The van der Waals surface area contributed by atoms with E-state index in [2.05, 4.69) is 91.0 Å². The topological polar surface area (TPSA) is 0 Å². The monoisotopic (exact) mass is 297 g/mol. The largest absolute Gasteiger partial charge is 0.166 e. The van der Waals surface area contributed by atoms with Crippen molar-refractivity contribution in [3.8, 4) is 0 Å². The Balaban J connectivity index is 0.00000147. The molecule has 1 atom stereocenters. The predicted molar refractivity (Wildman–Crippen MR) is 92.6 cm³/mol. The van der Waals surface area contributed by atoms with Crippen LogP contribution in [-0.2, 0) is 10.9 Å². The van der Waals surface area contributed by atoms with Gasteiger partial charge >= 0.3 is 0 Å². The molecule has 0 N–H and O–H groups in total. The molecule has 0 bridgehead atoms. The molecule has 2 heteroatoms. The lowest BCUT2D eigenvalue weighted by Gasteiger charge is -2.07. The lowest BCUT2D eigenvalue weighted by molar-refractivity contribution is 1.32. The third-order valence-electron chi connectivity index (χ3n) is 2.94. The van der Waals surface area contributed by atoms with Crippen LogP contribution < -0.4 is 0 Å². The van der Waals surface area contributed by atoms with Crippen molar-refractivity contribution in [1.82, 2.24) is 0 Å². The fraction of sp³-hybridized carbons (Fsp3) is 0. The van der Waals surface area contributed by atoms with Gasteiger partial charge in [-0.05, 0) is 36.4 Å². The fourth-order valence-corrected chi connectivity index (χ4v) is 4.18. The summed E-state index contributed by atoms with van der Waals surface area (Å²) < 4.78 is 0. The highest BCUT2D eigenvalue weighted by atomic mass is 32.2. The number of rotatable bonds is 3. The lowest BCUT2D eigenvalue weighted by Crippen LogP contribution is -2.04. The van der Waals surface area contributed by atoms with E-state index < -0.39 is 0 Å². The molecule has 0 aromatic heterocycles. The van der Waals surface area contributed by atoms with Gasteiger partial charge in [-0.15, -0.1) is 0 Å². The van der Waals surface area contributed by atoms with Crippen molar-refractivity contribution in [3.63, 3.8) is 0 Å². The summed E-state index contributed by atoms with van der Waals surface area (Å²) in [7, 11) is -0.0146. The molecule has 0 spiro atoms. The summed E-state index contributed by atoms with van der Waals surface area (Å²) in [4.78, 5) is 4.08. The molecule has 0 saturated heterocycles. The summed E-state index contributed by atoms with van der Waals surface area (Å²) in [5.41, 5.74) is 0. The summed E-state index contributed by atoms with van der Waals surface area (Å²) in [5, 5.41) is 0. The van der Waals surface area contributed by atoms with Gasteiger partial charge in [0.25, 0.3) is 0 Å². The third kappa shape index (κ3) is 3.30. The fourth-order valence-electron chi connectivity index (χ4n) is 2.08. The molecule has 0 aliphatic heterocycles. The minimum absolute atomic E-state index is 0. The van der Waals surface area contributed by atoms with Gasteiger partial charge in [0.15, 0.2) is 14.7 Å². The van der Waals surface area contributed by atoms with Crippen LogP contribution in [0, 0.1) is 0 Å². The van der Waals surface area contributed by atoms with Crippen molar-refractivity contribution in [3.05, 3.63) is 91.0 Å². The van der Waals surface area contributed by atoms with Gasteiger partial charge in [-0.25, -0.2) is 0 Å². The molecule has 0 aliphatic rings. The second kappa shape index (κ2) is 7.28. The van der Waals surface area contributed by atoms with Gasteiger partial charge in [0.2, 0.25) is 0 Å². The highest BCUT2D eigenvalue weighted by molar-refractivity contribution is 7.97. The molecule has 0 radical (unpaired) electrons. The van der Waals surface area contributed by atoms with E-state index >= 15 is 0 Å².